The first-order valence-corrected chi connectivity index (χ1v) is 6.48. The average Bonchev–Trinajstić information content (AvgIpc) is 2.47. The van der Waals surface area contributed by atoms with Crippen molar-refractivity contribution in [2.45, 2.75) is 19.9 Å². The largest absolute Gasteiger partial charge is 0.497 e. The number of nitrogens with one attached hydrogen (secondary N) is 2. The fourth-order valence-electron chi connectivity index (χ4n) is 1.59. The van der Waals surface area contributed by atoms with Crippen molar-refractivity contribution in [3.8, 4) is 5.75 Å². The summed E-state index contributed by atoms with van der Waals surface area (Å²) in [7, 11) is 3.45. The quantitative estimate of drug-likeness (QED) is 0.259. The normalized spacial score (nSPS) is 11.1. The number of nitrogens with zero attached hydrogens (tertiary/aromatic N) is 1. The van der Waals surface area contributed by atoms with Crippen LogP contribution >= 0.6 is 24.0 Å². The van der Waals surface area contributed by atoms with E-state index < -0.39 is 0 Å². The van der Waals surface area contributed by atoms with Gasteiger partial charge in [-0.1, -0.05) is 24.3 Å². The Morgan fingerprint density at radius 1 is 1.25 bits per heavy atom. The number of allylic oxidation sites excluding steroid dienone is 1. The zero-order chi connectivity index (χ0) is 13.9. The minimum atomic E-state index is 0. The highest BCUT2D eigenvalue weighted by molar-refractivity contribution is 14.0. The molecule has 20 heavy (non-hydrogen) atoms. The molecule has 0 radical (unpaired) electrons. The molecule has 112 valence electrons. The lowest BCUT2D eigenvalue weighted by molar-refractivity contribution is 0.414. The second-order valence-electron chi connectivity index (χ2n) is 4.06. The Morgan fingerprint density at radius 2 is 1.95 bits per heavy atom. The van der Waals surface area contributed by atoms with Crippen LogP contribution in [0.3, 0.4) is 0 Å². The van der Waals surface area contributed by atoms with E-state index in [9.17, 15) is 0 Å². The van der Waals surface area contributed by atoms with Gasteiger partial charge in [-0.15, -0.1) is 24.0 Å². The van der Waals surface area contributed by atoms with Gasteiger partial charge in [0.2, 0.25) is 0 Å². The lowest BCUT2D eigenvalue weighted by Crippen LogP contribution is -2.37. The van der Waals surface area contributed by atoms with E-state index in [1.807, 2.05) is 31.2 Å². The third kappa shape index (κ3) is 7.37. The molecule has 1 aromatic rings. The maximum Gasteiger partial charge on any atom is 0.191 e. The lowest BCUT2D eigenvalue weighted by atomic mass is 10.2. The standard InChI is InChI=1S/C15H23N3O.HI/c1-4-5-6-11-17-15(16-2)18-12-13-7-9-14(19-3)10-8-13;/h4-5,7-10H,6,11-12H2,1-3H3,(H2,16,17,18);1H. The van der Waals surface area contributed by atoms with E-state index >= 15 is 0 Å². The molecule has 0 amide bonds. The van der Waals surface area contributed by atoms with Crippen molar-refractivity contribution in [1.82, 2.24) is 10.6 Å². The van der Waals surface area contributed by atoms with E-state index in [-0.39, 0.29) is 24.0 Å². The van der Waals surface area contributed by atoms with Crippen LogP contribution in [0.15, 0.2) is 41.4 Å². The molecule has 0 fully saturated rings. The van der Waals surface area contributed by atoms with Gasteiger partial charge in [-0.05, 0) is 31.0 Å². The van der Waals surface area contributed by atoms with Crippen molar-refractivity contribution in [3.05, 3.63) is 42.0 Å². The summed E-state index contributed by atoms with van der Waals surface area (Å²) in [5.74, 6) is 1.69. The van der Waals surface area contributed by atoms with E-state index in [0.717, 1.165) is 31.2 Å². The van der Waals surface area contributed by atoms with Crippen LogP contribution < -0.4 is 15.4 Å². The SMILES string of the molecule is CC=CCCNC(=NC)NCc1ccc(OC)cc1.I. The zero-order valence-corrected chi connectivity index (χ0v) is 14.7. The van der Waals surface area contributed by atoms with Crippen LogP contribution in [0.4, 0.5) is 0 Å². The van der Waals surface area contributed by atoms with Gasteiger partial charge >= 0.3 is 0 Å². The van der Waals surface area contributed by atoms with E-state index in [4.69, 9.17) is 4.74 Å². The Balaban J connectivity index is 0.00000361. The first kappa shape index (κ1) is 18.8. The number of hydrogen-bond acceptors (Lipinski definition) is 2. The number of ether oxygens (including phenoxy) is 1. The van der Waals surface area contributed by atoms with Crippen molar-refractivity contribution < 1.29 is 4.74 Å². The number of methoxy groups -OCH3 is 1. The molecule has 0 aliphatic rings. The first-order valence-electron chi connectivity index (χ1n) is 6.48. The van der Waals surface area contributed by atoms with Gasteiger partial charge < -0.3 is 15.4 Å². The van der Waals surface area contributed by atoms with E-state index in [1.54, 1.807) is 14.2 Å². The Labute approximate surface area is 138 Å². The van der Waals surface area contributed by atoms with Crippen LogP contribution in [0.2, 0.25) is 0 Å². The smallest absolute Gasteiger partial charge is 0.191 e. The fourth-order valence-corrected chi connectivity index (χ4v) is 1.59. The van der Waals surface area contributed by atoms with Crippen molar-refractivity contribution in [2.75, 3.05) is 20.7 Å². The number of guanidine groups is 1. The van der Waals surface area contributed by atoms with Crippen molar-refractivity contribution in [2.24, 2.45) is 4.99 Å². The molecule has 1 rings (SSSR count). The van der Waals surface area contributed by atoms with Crippen LogP contribution in [0, 0.1) is 0 Å². The third-order valence-electron chi connectivity index (χ3n) is 2.68. The highest BCUT2D eigenvalue weighted by atomic mass is 127. The number of hydrogen-bond donors (Lipinski definition) is 2. The Hall–Kier alpha value is -1.24. The summed E-state index contributed by atoms with van der Waals surface area (Å²) in [4.78, 5) is 4.18. The van der Waals surface area contributed by atoms with Crippen LogP contribution in [0.5, 0.6) is 5.75 Å². The highest BCUT2D eigenvalue weighted by Crippen LogP contribution is 2.10. The predicted octanol–water partition coefficient (Wildman–Crippen LogP) is 2.94. The molecule has 0 aromatic heterocycles. The van der Waals surface area contributed by atoms with E-state index in [2.05, 4.69) is 27.8 Å². The molecule has 5 heteroatoms. The molecule has 0 atom stereocenters. The summed E-state index contributed by atoms with van der Waals surface area (Å²) in [5.41, 5.74) is 1.19. The second-order valence-corrected chi connectivity index (χ2v) is 4.06. The van der Waals surface area contributed by atoms with Crippen molar-refractivity contribution in [3.63, 3.8) is 0 Å². The Bertz CT molecular complexity index is 416. The molecule has 0 heterocycles. The summed E-state index contributed by atoms with van der Waals surface area (Å²) in [6, 6.07) is 8.00. The third-order valence-corrected chi connectivity index (χ3v) is 2.68. The van der Waals surface area contributed by atoms with Crippen molar-refractivity contribution >= 4 is 29.9 Å². The molecule has 2 N–H and O–H groups in total. The number of halogens is 1. The van der Waals surface area contributed by atoms with Gasteiger partial charge in [0.25, 0.3) is 0 Å². The van der Waals surface area contributed by atoms with Gasteiger partial charge in [0.1, 0.15) is 5.75 Å². The average molecular weight is 389 g/mol. The Morgan fingerprint density at radius 3 is 2.50 bits per heavy atom. The number of aliphatic imine (C=N–C) groups is 1. The van der Waals surface area contributed by atoms with Crippen LogP contribution in [-0.4, -0.2) is 26.7 Å². The zero-order valence-electron chi connectivity index (χ0n) is 12.3. The second kappa shape index (κ2) is 11.6. The molecule has 0 spiro atoms. The summed E-state index contributed by atoms with van der Waals surface area (Å²) in [6.45, 7) is 3.65. The van der Waals surface area contributed by atoms with E-state index in [0.29, 0.717) is 0 Å². The summed E-state index contributed by atoms with van der Waals surface area (Å²) >= 11 is 0. The van der Waals surface area contributed by atoms with Crippen LogP contribution in [0.1, 0.15) is 18.9 Å². The molecule has 1 aromatic carbocycles. The van der Waals surface area contributed by atoms with Gasteiger partial charge in [-0.25, -0.2) is 0 Å². The molecule has 4 nitrogen and oxygen atoms in total. The molecule has 0 saturated heterocycles. The monoisotopic (exact) mass is 389 g/mol. The van der Waals surface area contributed by atoms with Crippen LogP contribution in [-0.2, 0) is 6.54 Å². The van der Waals surface area contributed by atoms with E-state index in [1.165, 1.54) is 5.56 Å². The summed E-state index contributed by atoms with van der Waals surface area (Å²) < 4.78 is 5.13. The summed E-state index contributed by atoms with van der Waals surface area (Å²) in [5, 5.41) is 6.53. The van der Waals surface area contributed by atoms with Gasteiger partial charge in [0.05, 0.1) is 7.11 Å². The first-order chi connectivity index (χ1) is 9.30. The summed E-state index contributed by atoms with van der Waals surface area (Å²) in [6.07, 6.45) is 5.18. The lowest BCUT2D eigenvalue weighted by Gasteiger charge is -2.11. The minimum absolute atomic E-state index is 0. The van der Waals surface area contributed by atoms with Crippen LogP contribution in [0.25, 0.3) is 0 Å². The molecule has 0 saturated carbocycles. The fraction of sp³-hybridized carbons (Fsp3) is 0.400. The maximum absolute atomic E-state index is 5.13. The highest BCUT2D eigenvalue weighted by Gasteiger charge is 1.98. The topological polar surface area (TPSA) is 45.7 Å². The maximum atomic E-state index is 5.13. The minimum Gasteiger partial charge on any atom is -0.497 e. The molecular formula is C15H24IN3O. The van der Waals surface area contributed by atoms with Gasteiger partial charge in [-0.3, -0.25) is 4.99 Å². The molecule has 0 aliphatic heterocycles. The Kier molecular flexibility index (Phi) is 10.9. The van der Waals surface area contributed by atoms with Gasteiger partial charge in [0.15, 0.2) is 5.96 Å². The molecular weight excluding hydrogens is 365 g/mol. The molecule has 0 aliphatic carbocycles. The molecule has 0 unspecified atom stereocenters. The van der Waals surface area contributed by atoms with Crippen molar-refractivity contribution in [1.29, 1.82) is 0 Å². The number of benzene rings is 1. The molecule has 0 bridgehead atoms. The number of rotatable bonds is 6. The predicted molar refractivity (Wildman–Crippen MR) is 96.0 cm³/mol. The van der Waals surface area contributed by atoms with Gasteiger partial charge in [0, 0.05) is 20.1 Å². The van der Waals surface area contributed by atoms with Gasteiger partial charge in [-0.2, -0.15) is 0 Å².